The van der Waals surface area contributed by atoms with E-state index >= 15 is 0 Å². The van der Waals surface area contributed by atoms with Crippen LogP contribution in [0.5, 0.6) is 0 Å². The normalized spacial score (nSPS) is 50.4. The Hall–Kier alpha value is -0.570. The molecule has 0 aromatic heterocycles. The molecule has 4 bridgehead atoms. The Morgan fingerprint density at radius 1 is 1.29 bits per heavy atom. The predicted molar refractivity (Wildman–Crippen MR) is 52.0 cm³/mol. The standard InChI is InChI=1S/C11H17NO2/c13-11(14)9-4-3-8-6-7-2-1-5-12(8)10(7)9/h7-10H,1-6H2,(H,13,14)/t7-,8-,9-,10-/m0/s1. The monoisotopic (exact) mass is 195 g/mol. The summed E-state index contributed by atoms with van der Waals surface area (Å²) < 4.78 is 0. The van der Waals surface area contributed by atoms with Crippen LogP contribution in [0.1, 0.15) is 32.1 Å². The van der Waals surface area contributed by atoms with E-state index in [1.165, 1.54) is 19.3 Å². The van der Waals surface area contributed by atoms with Crippen LogP contribution in [-0.2, 0) is 4.79 Å². The highest BCUT2D eigenvalue weighted by Crippen LogP contribution is 2.47. The smallest absolute Gasteiger partial charge is 0.308 e. The highest BCUT2D eigenvalue weighted by atomic mass is 16.4. The van der Waals surface area contributed by atoms with Crippen LogP contribution in [-0.4, -0.2) is 34.6 Å². The van der Waals surface area contributed by atoms with Gasteiger partial charge in [-0.1, -0.05) is 0 Å². The minimum absolute atomic E-state index is 0.0703. The number of piperidine rings is 2. The Morgan fingerprint density at radius 3 is 2.93 bits per heavy atom. The lowest BCUT2D eigenvalue weighted by Crippen LogP contribution is -2.51. The molecule has 3 fully saturated rings. The summed E-state index contributed by atoms with van der Waals surface area (Å²) in [4.78, 5) is 13.6. The maximum Gasteiger partial charge on any atom is 0.308 e. The molecule has 3 heterocycles. The van der Waals surface area contributed by atoms with Gasteiger partial charge in [0.25, 0.3) is 0 Å². The van der Waals surface area contributed by atoms with Crippen molar-refractivity contribution in [1.82, 2.24) is 4.90 Å². The van der Waals surface area contributed by atoms with Gasteiger partial charge in [0, 0.05) is 12.1 Å². The van der Waals surface area contributed by atoms with Gasteiger partial charge in [0.2, 0.25) is 0 Å². The zero-order chi connectivity index (χ0) is 9.71. The molecular formula is C11H17NO2. The summed E-state index contributed by atoms with van der Waals surface area (Å²) in [7, 11) is 0. The van der Waals surface area contributed by atoms with E-state index in [1.807, 2.05) is 0 Å². The highest BCUT2D eigenvalue weighted by molar-refractivity contribution is 5.71. The third kappa shape index (κ3) is 1.05. The van der Waals surface area contributed by atoms with Crippen LogP contribution in [0.3, 0.4) is 0 Å². The molecule has 78 valence electrons. The largest absolute Gasteiger partial charge is 0.481 e. The lowest BCUT2D eigenvalue weighted by Gasteiger charge is -2.42. The van der Waals surface area contributed by atoms with Crippen LogP contribution < -0.4 is 0 Å². The van der Waals surface area contributed by atoms with Crippen molar-refractivity contribution in [3.63, 3.8) is 0 Å². The molecule has 3 saturated heterocycles. The Morgan fingerprint density at radius 2 is 2.14 bits per heavy atom. The number of carboxylic acids is 1. The lowest BCUT2D eigenvalue weighted by molar-refractivity contribution is -0.147. The zero-order valence-corrected chi connectivity index (χ0v) is 8.35. The molecule has 0 aromatic carbocycles. The van der Waals surface area contributed by atoms with Gasteiger partial charge in [0.05, 0.1) is 5.92 Å². The fourth-order valence-corrected chi connectivity index (χ4v) is 3.95. The van der Waals surface area contributed by atoms with E-state index in [0.29, 0.717) is 12.0 Å². The third-order valence-corrected chi connectivity index (χ3v) is 4.44. The lowest BCUT2D eigenvalue weighted by atomic mass is 9.82. The number of hydrogen-bond acceptors (Lipinski definition) is 2. The van der Waals surface area contributed by atoms with Gasteiger partial charge in [0.1, 0.15) is 0 Å². The Bertz CT molecular complexity index is 266. The van der Waals surface area contributed by atoms with Crippen molar-refractivity contribution >= 4 is 5.97 Å². The molecule has 3 nitrogen and oxygen atoms in total. The molecule has 3 rings (SSSR count). The Balaban J connectivity index is 1.90. The van der Waals surface area contributed by atoms with Crippen LogP contribution in [0, 0.1) is 11.8 Å². The Labute approximate surface area is 84.1 Å². The highest BCUT2D eigenvalue weighted by Gasteiger charge is 2.51. The molecule has 1 unspecified atom stereocenters. The van der Waals surface area contributed by atoms with E-state index < -0.39 is 5.97 Å². The van der Waals surface area contributed by atoms with E-state index in [-0.39, 0.29) is 5.92 Å². The molecule has 0 spiro atoms. The van der Waals surface area contributed by atoms with Gasteiger partial charge >= 0.3 is 5.97 Å². The molecule has 3 heteroatoms. The van der Waals surface area contributed by atoms with Crippen molar-refractivity contribution in [2.75, 3.05) is 6.54 Å². The second-order valence-electron chi connectivity index (χ2n) is 5.04. The van der Waals surface area contributed by atoms with Crippen molar-refractivity contribution in [1.29, 1.82) is 0 Å². The predicted octanol–water partition coefficient (Wildman–Crippen LogP) is 1.33. The minimum Gasteiger partial charge on any atom is -0.481 e. The van der Waals surface area contributed by atoms with Gasteiger partial charge in [-0.25, -0.2) is 0 Å². The molecule has 5 atom stereocenters. The SMILES string of the molecule is O=C(O)[C@H]1CC[C@H]2C[C@@H]3CCCN2[C@@H]31. The number of hydrogen-bond donors (Lipinski definition) is 1. The molecule has 3 aliphatic rings. The summed E-state index contributed by atoms with van der Waals surface area (Å²) in [6.07, 6.45) is 5.85. The Kier molecular flexibility index (Phi) is 1.84. The second kappa shape index (κ2) is 2.96. The van der Waals surface area contributed by atoms with Crippen LogP contribution >= 0.6 is 0 Å². The van der Waals surface area contributed by atoms with Gasteiger partial charge in [0.15, 0.2) is 0 Å². The molecule has 0 aromatic rings. The van der Waals surface area contributed by atoms with E-state index in [9.17, 15) is 9.90 Å². The molecule has 3 aliphatic heterocycles. The fraction of sp³-hybridized carbons (Fsp3) is 0.909. The van der Waals surface area contributed by atoms with Gasteiger partial charge in [-0.05, 0) is 44.6 Å². The maximum atomic E-state index is 11.1. The van der Waals surface area contributed by atoms with Crippen LogP contribution in [0.2, 0.25) is 0 Å². The number of carboxylic acid groups (broad SMARTS) is 1. The molecular weight excluding hydrogens is 178 g/mol. The molecule has 0 amide bonds. The van der Waals surface area contributed by atoms with Gasteiger partial charge < -0.3 is 5.11 Å². The summed E-state index contributed by atoms with van der Waals surface area (Å²) >= 11 is 0. The first-order chi connectivity index (χ1) is 6.77. The molecule has 0 aliphatic carbocycles. The summed E-state index contributed by atoms with van der Waals surface area (Å²) in [6, 6.07) is 1.11. The van der Waals surface area contributed by atoms with Crippen molar-refractivity contribution < 1.29 is 9.90 Å². The molecule has 1 N–H and O–H groups in total. The second-order valence-corrected chi connectivity index (χ2v) is 5.04. The van der Waals surface area contributed by atoms with Gasteiger partial charge in [-0.2, -0.15) is 0 Å². The van der Waals surface area contributed by atoms with Crippen LogP contribution in [0.15, 0.2) is 0 Å². The molecule has 0 radical (unpaired) electrons. The van der Waals surface area contributed by atoms with Gasteiger partial charge in [-0.3, -0.25) is 9.69 Å². The average Bonchev–Trinajstić information content (AvgIpc) is 2.40. The van der Waals surface area contributed by atoms with E-state index in [4.69, 9.17) is 0 Å². The first-order valence-electron chi connectivity index (χ1n) is 5.76. The maximum absolute atomic E-state index is 11.1. The number of carbonyl (C=O) groups is 1. The van der Waals surface area contributed by atoms with Gasteiger partial charge in [-0.15, -0.1) is 0 Å². The van der Waals surface area contributed by atoms with Crippen LogP contribution in [0.25, 0.3) is 0 Å². The van der Waals surface area contributed by atoms with E-state index in [0.717, 1.165) is 25.4 Å². The fourth-order valence-electron chi connectivity index (χ4n) is 3.95. The zero-order valence-electron chi connectivity index (χ0n) is 8.35. The number of nitrogens with zero attached hydrogens (tertiary/aromatic N) is 1. The van der Waals surface area contributed by atoms with Crippen molar-refractivity contribution in [2.45, 2.75) is 44.2 Å². The minimum atomic E-state index is -0.563. The van der Waals surface area contributed by atoms with Crippen LogP contribution in [0.4, 0.5) is 0 Å². The molecule has 0 saturated carbocycles. The first-order valence-corrected chi connectivity index (χ1v) is 5.76. The van der Waals surface area contributed by atoms with E-state index in [2.05, 4.69) is 4.90 Å². The van der Waals surface area contributed by atoms with Crippen molar-refractivity contribution in [2.24, 2.45) is 11.8 Å². The first kappa shape index (κ1) is 8.72. The van der Waals surface area contributed by atoms with Crippen molar-refractivity contribution in [3.8, 4) is 0 Å². The summed E-state index contributed by atoms with van der Waals surface area (Å²) in [6.45, 7) is 1.15. The average molecular weight is 195 g/mol. The van der Waals surface area contributed by atoms with Crippen molar-refractivity contribution in [3.05, 3.63) is 0 Å². The third-order valence-electron chi connectivity index (χ3n) is 4.44. The number of rotatable bonds is 1. The molecule has 14 heavy (non-hydrogen) atoms. The quantitative estimate of drug-likeness (QED) is 0.686. The summed E-state index contributed by atoms with van der Waals surface area (Å²) in [5.74, 6) is 0.0589. The summed E-state index contributed by atoms with van der Waals surface area (Å²) in [5.41, 5.74) is 0. The topological polar surface area (TPSA) is 40.5 Å². The van der Waals surface area contributed by atoms with E-state index in [1.54, 1.807) is 0 Å². The summed E-state index contributed by atoms with van der Waals surface area (Å²) in [5, 5.41) is 9.19. The number of aliphatic carboxylic acids is 1.